The number of hydrogen-bond acceptors (Lipinski definition) is 16. The molecule has 0 radical (unpaired) electrons. The Kier molecular flexibility index (Phi) is 15.2. The summed E-state index contributed by atoms with van der Waals surface area (Å²) in [5, 5.41) is 58.1. The van der Waals surface area contributed by atoms with Crippen LogP contribution in [-0.4, -0.2) is 137 Å². The lowest BCUT2D eigenvalue weighted by atomic mass is 9.72. The first-order valence-electron chi connectivity index (χ1n) is 22.6. The molecular weight excluding hydrogens is 915 g/mol. The van der Waals surface area contributed by atoms with Crippen LogP contribution in [0.25, 0.3) is 0 Å². The highest BCUT2D eigenvalue weighted by Gasteiger charge is 2.55. The maximum Gasteiger partial charge on any atom is 0.246 e. The van der Waals surface area contributed by atoms with Crippen LogP contribution in [0.3, 0.4) is 0 Å². The second kappa shape index (κ2) is 20.9. The van der Waals surface area contributed by atoms with Gasteiger partial charge in [0.2, 0.25) is 35.3 Å². The maximum atomic E-state index is 14.0. The van der Waals surface area contributed by atoms with Crippen LogP contribution in [0.1, 0.15) is 94.7 Å². The smallest absolute Gasteiger partial charge is 0.246 e. The van der Waals surface area contributed by atoms with E-state index in [0.717, 1.165) is 0 Å². The first kappa shape index (κ1) is 50.8. The monoisotopic (exact) mass is 969 g/mol. The van der Waals surface area contributed by atoms with Crippen LogP contribution in [0, 0.1) is 5.92 Å². The van der Waals surface area contributed by atoms with Crippen molar-refractivity contribution in [2.24, 2.45) is 5.92 Å². The van der Waals surface area contributed by atoms with E-state index in [2.05, 4.69) is 33.2 Å². The number of epoxide rings is 1. The molecule has 4 aliphatic rings. The van der Waals surface area contributed by atoms with Gasteiger partial charge in [-0.05, 0) is 30.9 Å². The third-order valence-corrected chi connectivity index (χ3v) is 12.5. The molecule has 2 heterocycles. The number of amides is 5. The molecule has 2 saturated heterocycles. The summed E-state index contributed by atoms with van der Waals surface area (Å²) in [5.41, 5.74) is -3.38. The number of hydrogen-bond donors (Lipinski definition) is 9. The van der Waals surface area contributed by atoms with Gasteiger partial charge in [0.05, 0.1) is 49.0 Å². The molecule has 0 aromatic heterocycles. The van der Waals surface area contributed by atoms with Crippen molar-refractivity contribution in [3.63, 3.8) is 0 Å². The summed E-state index contributed by atoms with van der Waals surface area (Å²) in [7, 11) is 1.29. The fourth-order valence-electron chi connectivity index (χ4n) is 9.00. The number of methoxy groups -OCH3 is 1. The highest BCUT2D eigenvalue weighted by atomic mass is 16.8. The van der Waals surface area contributed by atoms with E-state index >= 15 is 0 Å². The van der Waals surface area contributed by atoms with E-state index in [0.29, 0.717) is 5.56 Å². The highest BCUT2D eigenvalue weighted by molar-refractivity contribution is 6.31. The number of ketones is 3. The van der Waals surface area contributed by atoms with Crippen LogP contribution in [0.4, 0.5) is 0 Å². The number of phenolic OH excluding ortho intramolecular Hbond substituents is 2. The van der Waals surface area contributed by atoms with E-state index in [1.54, 1.807) is 30.3 Å². The fourth-order valence-corrected chi connectivity index (χ4v) is 9.00. The number of carbonyl (C=O) groups is 8. The summed E-state index contributed by atoms with van der Waals surface area (Å²) in [6, 6.07) is 9.99. The Morgan fingerprint density at radius 1 is 0.857 bits per heavy atom. The number of aliphatic hydroxyl groups is 2. The van der Waals surface area contributed by atoms with Gasteiger partial charge in [-0.1, -0.05) is 62.9 Å². The van der Waals surface area contributed by atoms with Crippen molar-refractivity contribution in [1.29, 1.82) is 0 Å². The van der Waals surface area contributed by atoms with Gasteiger partial charge in [0.25, 0.3) is 0 Å². The molecule has 2 fully saturated rings. The molecule has 0 spiro atoms. The highest BCUT2D eigenvalue weighted by Crippen LogP contribution is 2.53. The zero-order chi connectivity index (χ0) is 50.8. The normalized spacial score (nSPS) is 22.7. The Labute approximate surface area is 401 Å². The van der Waals surface area contributed by atoms with Gasteiger partial charge in [-0.3, -0.25) is 38.4 Å². The number of nitrogens with one attached hydrogen (secondary N) is 5. The van der Waals surface area contributed by atoms with Crippen molar-refractivity contribution < 1.29 is 77.7 Å². The quantitative estimate of drug-likeness (QED) is 0.0344. The molecule has 372 valence electrons. The van der Waals surface area contributed by atoms with Crippen LogP contribution in [-0.2, 0) is 55.8 Å². The molecule has 5 amide bonds. The summed E-state index contributed by atoms with van der Waals surface area (Å²) >= 11 is 0. The Morgan fingerprint density at radius 2 is 1.56 bits per heavy atom. The van der Waals surface area contributed by atoms with Crippen molar-refractivity contribution in [2.75, 3.05) is 26.8 Å². The molecule has 7 rings (SSSR count). The lowest BCUT2D eigenvalue weighted by molar-refractivity contribution is -0.216. The Morgan fingerprint density at radius 3 is 2.23 bits per heavy atom. The predicted octanol–water partition coefficient (Wildman–Crippen LogP) is 0.201. The van der Waals surface area contributed by atoms with E-state index in [4.69, 9.17) is 18.9 Å². The second-order valence-electron chi connectivity index (χ2n) is 18.1. The molecule has 8 atom stereocenters. The minimum Gasteiger partial charge on any atom is -0.507 e. The van der Waals surface area contributed by atoms with Gasteiger partial charge >= 0.3 is 0 Å². The van der Waals surface area contributed by atoms with Crippen LogP contribution in [0.15, 0.2) is 60.7 Å². The number of carbonyl (C=O) groups excluding carboxylic acids is 8. The number of phenols is 2. The molecule has 9 N–H and O–H groups in total. The second-order valence-corrected chi connectivity index (χ2v) is 18.1. The summed E-state index contributed by atoms with van der Waals surface area (Å²) in [4.78, 5) is 107. The number of Topliss-reactive ketones (excluding diaryl/α,β-unsaturated/α-hetero) is 1. The average molecular weight is 970 g/mol. The van der Waals surface area contributed by atoms with E-state index < -0.39 is 151 Å². The van der Waals surface area contributed by atoms with Gasteiger partial charge in [-0.15, -0.1) is 0 Å². The van der Waals surface area contributed by atoms with E-state index in [9.17, 15) is 58.8 Å². The SMILES string of the molecule is C=C(C)C(=O)NCC(=O)NC(Cc1ccccc1)C(=O)NC(CC(C)C)C(=O)NCC(=O)NC1CC(O[C@H]2C[C@](O)(C(=O)CO)Cc3c(O)c4c(c(O)c32)C(=O)c2c(OC)cccc2C4=O)OC2OC12. The first-order valence-corrected chi connectivity index (χ1v) is 22.6. The van der Waals surface area contributed by atoms with Crippen molar-refractivity contribution in [2.45, 2.75) is 101 Å². The van der Waals surface area contributed by atoms with Crippen molar-refractivity contribution in [1.82, 2.24) is 26.6 Å². The van der Waals surface area contributed by atoms with Gasteiger partial charge in [0.15, 0.2) is 24.1 Å². The lowest BCUT2D eigenvalue weighted by Crippen LogP contribution is -2.56. The first-order chi connectivity index (χ1) is 33.2. The van der Waals surface area contributed by atoms with Crippen LogP contribution in [0.5, 0.6) is 17.2 Å². The third kappa shape index (κ3) is 10.7. The minimum absolute atomic E-state index is 0.0352. The van der Waals surface area contributed by atoms with Crippen molar-refractivity contribution >= 4 is 46.9 Å². The zero-order valence-electron chi connectivity index (χ0n) is 38.8. The lowest BCUT2D eigenvalue weighted by Gasteiger charge is -2.40. The summed E-state index contributed by atoms with van der Waals surface area (Å²) in [6.45, 7) is 6.57. The summed E-state index contributed by atoms with van der Waals surface area (Å²) < 4.78 is 23.2. The number of fused-ring (bicyclic) bond motifs is 4. The van der Waals surface area contributed by atoms with Crippen molar-refractivity contribution in [3.05, 3.63) is 99.6 Å². The predicted molar refractivity (Wildman–Crippen MR) is 243 cm³/mol. The van der Waals surface area contributed by atoms with Gasteiger partial charge in [0, 0.05) is 47.9 Å². The number of benzene rings is 3. The molecule has 21 heteroatoms. The molecule has 0 bridgehead atoms. The zero-order valence-corrected chi connectivity index (χ0v) is 38.8. The van der Waals surface area contributed by atoms with Crippen LogP contribution >= 0.6 is 0 Å². The Hall–Kier alpha value is -7.04. The number of rotatable bonds is 19. The van der Waals surface area contributed by atoms with Gasteiger partial charge in [-0.2, -0.15) is 0 Å². The topological polar surface area (TPSA) is 318 Å². The Bertz CT molecular complexity index is 2640. The van der Waals surface area contributed by atoms with Crippen LogP contribution < -0.4 is 31.3 Å². The summed E-state index contributed by atoms with van der Waals surface area (Å²) in [5.74, 6) is -7.62. The number of aliphatic hydroxyl groups excluding tert-OH is 1. The van der Waals surface area contributed by atoms with Crippen molar-refractivity contribution in [3.8, 4) is 17.2 Å². The molecule has 6 unspecified atom stereocenters. The average Bonchev–Trinajstić information content (AvgIpc) is 4.12. The van der Waals surface area contributed by atoms with Crippen LogP contribution in [0.2, 0.25) is 0 Å². The molecular formula is C49H55N5O16. The number of ether oxygens (including phenoxy) is 4. The fraction of sp³-hybridized carbons (Fsp3) is 0.429. The standard InChI is InChI=1S/C49H55N5O16/c1-22(2)14-28(54-47(65)29(15-24-10-7-6-8-11-24)53-34(58)19-50-45(63)23(3)4)46(64)51-20-33(57)52-27-16-35(69-48-44(27)70-48)68-31-18-49(66,32(56)21-55)17-26-37(31)43(62)39-38(41(26)60)40(59)25-12-9-13-30(67-5)36(25)42(39)61/h6-13,22,27-29,31,35,44,48,55,60,62,66H,3,14-21H2,1-2,4-5H3,(H,50,63)(H,51,64)(H,52,57)(H,53,58)(H,54,65)/t27?,28?,29?,31-,35?,44?,48?,49-/m0/s1. The Balaban J connectivity index is 1.04. The summed E-state index contributed by atoms with van der Waals surface area (Å²) in [6.07, 6.45) is -5.58. The molecule has 3 aromatic carbocycles. The number of aromatic hydroxyl groups is 2. The molecule has 0 saturated carbocycles. The molecule has 2 aliphatic carbocycles. The van der Waals surface area contributed by atoms with E-state index in [-0.39, 0.29) is 58.8 Å². The van der Waals surface area contributed by atoms with Gasteiger partial charge < -0.3 is 66.0 Å². The molecule has 3 aromatic rings. The molecule has 21 nitrogen and oxygen atoms in total. The van der Waals surface area contributed by atoms with Gasteiger partial charge in [0.1, 0.15) is 47.6 Å². The van der Waals surface area contributed by atoms with Gasteiger partial charge in [-0.25, -0.2) is 0 Å². The molecule has 2 aliphatic heterocycles. The minimum atomic E-state index is -2.39. The van der Waals surface area contributed by atoms with E-state index in [1.165, 1.54) is 32.2 Å². The van der Waals surface area contributed by atoms with E-state index in [1.807, 2.05) is 13.8 Å². The largest absolute Gasteiger partial charge is 0.507 e. The third-order valence-electron chi connectivity index (χ3n) is 12.5. The maximum absolute atomic E-state index is 14.0. The molecule has 70 heavy (non-hydrogen) atoms.